The molecule has 0 aliphatic heterocycles. The van der Waals surface area contributed by atoms with Crippen LogP contribution >= 0.6 is 0 Å². The lowest BCUT2D eigenvalue weighted by Gasteiger charge is -2.38. The number of carbonyl (C=O) groups excluding carboxylic acids is 1. The van der Waals surface area contributed by atoms with Crippen LogP contribution in [0, 0.1) is 11.3 Å². The summed E-state index contributed by atoms with van der Waals surface area (Å²) in [7, 11) is 1.45. The van der Waals surface area contributed by atoms with E-state index in [9.17, 15) is 4.79 Å². The minimum absolute atomic E-state index is 0.0251. The van der Waals surface area contributed by atoms with E-state index in [2.05, 4.69) is 6.92 Å². The Hall–Kier alpha value is -0.570. The van der Waals surface area contributed by atoms with E-state index in [4.69, 9.17) is 10.5 Å². The van der Waals surface area contributed by atoms with Crippen LogP contribution in [-0.2, 0) is 9.53 Å². The first-order chi connectivity index (χ1) is 7.65. The van der Waals surface area contributed by atoms with Gasteiger partial charge in [0.2, 0.25) is 0 Å². The lowest BCUT2D eigenvalue weighted by atomic mass is 9.68. The monoisotopic (exact) mass is 227 g/mol. The van der Waals surface area contributed by atoms with Gasteiger partial charge in [-0.15, -0.1) is 0 Å². The van der Waals surface area contributed by atoms with Crippen LogP contribution in [-0.4, -0.2) is 19.6 Å². The van der Waals surface area contributed by atoms with Crippen molar-refractivity contribution in [3.8, 4) is 0 Å². The summed E-state index contributed by atoms with van der Waals surface area (Å²) in [5.74, 6) is 0.738. The van der Waals surface area contributed by atoms with Gasteiger partial charge in [0.15, 0.2) is 0 Å². The van der Waals surface area contributed by atoms with Gasteiger partial charge in [0.1, 0.15) is 0 Å². The average Bonchev–Trinajstić information content (AvgIpc) is 2.32. The van der Waals surface area contributed by atoms with Crippen LogP contribution in [0.25, 0.3) is 0 Å². The molecule has 0 amide bonds. The van der Waals surface area contributed by atoms with Gasteiger partial charge in [-0.3, -0.25) is 4.79 Å². The number of esters is 1. The third-order valence-electron chi connectivity index (χ3n) is 4.04. The topological polar surface area (TPSA) is 52.3 Å². The summed E-state index contributed by atoms with van der Waals surface area (Å²) < 4.78 is 4.76. The predicted octanol–water partition coefficient (Wildman–Crippen LogP) is 2.48. The van der Waals surface area contributed by atoms with Gasteiger partial charge in [-0.1, -0.05) is 19.8 Å². The van der Waals surface area contributed by atoms with Gasteiger partial charge in [0, 0.05) is 0 Å². The normalized spacial score (nSPS) is 30.1. The van der Waals surface area contributed by atoms with Crippen LogP contribution in [0.2, 0.25) is 0 Å². The molecule has 0 radical (unpaired) electrons. The molecular weight excluding hydrogens is 202 g/mol. The molecule has 0 saturated heterocycles. The lowest BCUT2D eigenvalue weighted by Crippen LogP contribution is -2.37. The van der Waals surface area contributed by atoms with Crippen molar-refractivity contribution in [2.45, 2.75) is 51.9 Å². The van der Waals surface area contributed by atoms with Crippen LogP contribution in [0.1, 0.15) is 51.9 Å². The molecule has 94 valence electrons. The molecule has 1 fully saturated rings. The number of carbonyl (C=O) groups is 1. The molecule has 1 aliphatic rings. The molecule has 0 aromatic rings. The fourth-order valence-corrected chi connectivity index (χ4v) is 2.82. The van der Waals surface area contributed by atoms with E-state index in [0.29, 0.717) is 13.0 Å². The Morgan fingerprint density at radius 2 is 2.06 bits per heavy atom. The van der Waals surface area contributed by atoms with Crippen LogP contribution in [0.3, 0.4) is 0 Å². The fourth-order valence-electron chi connectivity index (χ4n) is 2.82. The van der Waals surface area contributed by atoms with E-state index in [0.717, 1.165) is 18.8 Å². The molecule has 2 N–H and O–H groups in total. The Balaban J connectivity index is 2.47. The van der Waals surface area contributed by atoms with Crippen LogP contribution in [0.15, 0.2) is 0 Å². The molecule has 0 aromatic heterocycles. The standard InChI is InChI=1S/C13H25NO2/c1-3-4-11-5-7-13(10-14,8-6-11)9-12(15)16-2/h11H,3-10,14H2,1-2H3. The third-order valence-corrected chi connectivity index (χ3v) is 4.04. The molecule has 16 heavy (non-hydrogen) atoms. The van der Waals surface area contributed by atoms with Crippen molar-refractivity contribution in [1.82, 2.24) is 0 Å². The van der Waals surface area contributed by atoms with Crippen LogP contribution in [0.5, 0.6) is 0 Å². The number of nitrogens with two attached hydrogens (primary N) is 1. The second-order valence-electron chi connectivity index (χ2n) is 5.19. The van der Waals surface area contributed by atoms with Gasteiger partial charge in [-0.05, 0) is 43.6 Å². The summed E-state index contributed by atoms with van der Waals surface area (Å²) in [6, 6.07) is 0. The number of hydrogen-bond acceptors (Lipinski definition) is 3. The minimum Gasteiger partial charge on any atom is -0.469 e. The molecule has 0 bridgehead atoms. The highest BCUT2D eigenvalue weighted by Gasteiger charge is 2.36. The molecule has 0 atom stereocenters. The van der Waals surface area contributed by atoms with Gasteiger partial charge in [0.25, 0.3) is 0 Å². The summed E-state index contributed by atoms with van der Waals surface area (Å²) in [5, 5.41) is 0. The van der Waals surface area contributed by atoms with Crippen LogP contribution in [0.4, 0.5) is 0 Å². The summed E-state index contributed by atoms with van der Waals surface area (Å²) in [6.07, 6.45) is 7.70. The Kier molecular flexibility index (Phi) is 5.26. The molecule has 1 aliphatic carbocycles. The average molecular weight is 227 g/mol. The molecule has 3 nitrogen and oxygen atoms in total. The Morgan fingerprint density at radius 1 is 1.44 bits per heavy atom. The van der Waals surface area contributed by atoms with E-state index in [1.807, 2.05) is 0 Å². The summed E-state index contributed by atoms with van der Waals surface area (Å²) in [4.78, 5) is 11.4. The second-order valence-corrected chi connectivity index (χ2v) is 5.19. The first-order valence-electron chi connectivity index (χ1n) is 6.42. The van der Waals surface area contributed by atoms with E-state index >= 15 is 0 Å². The van der Waals surface area contributed by atoms with Gasteiger partial charge in [0.05, 0.1) is 13.5 Å². The van der Waals surface area contributed by atoms with Crippen LogP contribution < -0.4 is 5.73 Å². The van der Waals surface area contributed by atoms with Crippen molar-refractivity contribution >= 4 is 5.97 Å². The van der Waals surface area contributed by atoms with Crippen molar-refractivity contribution in [2.75, 3.05) is 13.7 Å². The zero-order chi connectivity index (χ0) is 12.0. The van der Waals surface area contributed by atoms with Crippen molar-refractivity contribution < 1.29 is 9.53 Å². The highest BCUT2D eigenvalue weighted by Crippen LogP contribution is 2.42. The Morgan fingerprint density at radius 3 is 2.50 bits per heavy atom. The smallest absolute Gasteiger partial charge is 0.306 e. The molecular formula is C13H25NO2. The fraction of sp³-hybridized carbons (Fsp3) is 0.923. The first kappa shape index (κ1) is 13.5. The molecule has 1 rings (SSSR count). The Labute approximate surface area is 98.7 Å². The lowest BCUT2D eigenvalue weighted by molar-refractivity contribution is -0.144. The first-order valence-corrected chi connectivity index (χ1v) is 6.42. The van der Waals surface area contributed by atoms with Gasteiger partial charge in [-0.25, -0.2) is 0 Å². The van der Waals surface area contributed by atoms with E-state index in [-0.39, 0.29) is 11.4 Å². The molecule has 0 aromatic carbocycles. The third kappa shape index (κ3) is 3.48. The van der Waals surface area contributed by atoms with Gasteiger partial charge in [-0.2, -0.15) is 0 Å². The minimum atomic E-state index is -0.112. The summed E-state index contributed by atoms with van der Waals surface area (Å²) in [5.41, 5.74) is 5.88. The van der Waals surface area contributed by atoms with E-state index < -0.39 is 0 Å². The number of ether oxygens (including phenoxy) is 1. The number of methoxy groups -OCH3 is 1. The molecule has 0 heterocycles. The highest BCUT2D eigenvalue weighted by atomic mass is 16.5. The van der Waals surface area contributed by atoms with Crippen molar-refractivity contribution in [1.29, 1.82) is 0 Å². The SMILES string of the molecule is CCCC1CCC(CN)(CC(=O)OC)CC1. The van der Waals surface area contributed by atoms with Crippen molar-refractivity contribution in [3.63, 3.8) is 0 Å². The molecule has 0 unspecified atom stereocenters. The second kappa shape index (κ2) is 6.24. The molecule has 3 heteroatoms. The largest absolute Gasteiger partial charge is 0.469 e. The maximum absolute atomic E-state index is 11.4. The maximum atomic E-state index is 11.4. The van der Waals surface area contributed by atoms with Gasteiger partial charge < -0.3 is 10.5 Å². The summed E-state index contributed by atoms with van der Waals surface area (Å²) >= 11 is 0. The predicted molar refractivity (Wildman–Crippen MR) is 65.0 cm³/mol. The zero-order valence-electron chi connectivity index (χ0n) is 10.6. The maximum Gasteiger partial charge on any atom is 0.306 e. The molecule has 0 spiro atoms. The zero-order valence-corrected chi connectivity index (χ0v) is 10.6. The highest BCUT2D eigenvalue weighted by molar-refractivity contribution is 5.70. The van der Waals surface area contributed by atoms with Crippen molar-refractivity contribution in [2.24, 2.45) is 17.1 Å². The van der Waals surface area contributed by atoms with Crippen molar-refractivity contribution in [3.05, 3.63) is 0 Å². The molecule has 1 saturated carbocycles. The van der Waals surface area contributed by atoms with E-state index in [1.54, 1.807) is 0 Å². The van der Waals surface area contributed by atoms with E-state index in [1.165, 1.54) is 32.8 Å². The van der Waals surface area contributed by atoms with Gasteiger partial charge >= 0.3 is 5.97 Å². The quantitative estimate of drug-likeness (QED) is 0.734. The summed E-state index contributed by atoms with van der Waals surface area (Å²) in [6.45, 7) is 2.85. The Bertz CT molecular complexity index is 220. The number of hydrogen-bond donors (Lipinski definition) is 1. The number of rotatable bonds is 5.